The number of esters is 1. The number of aromatic nitrogens is 2. The van der Waals surface area contributed by atoms with Crippen molar-refractivity contribution in [3.05, 3.63) is 16.7 Å². The molecule has 0 saturated carbocycles. The van der Waals surface area contributed by atoms with Gasteiger partial charge in [0.2, 0.25) is 6.10 Å². The zero-order valence-electron chi connectivity index (χ0n) is 11.6. The van der Waals surface area contributed by atoms with Crippen LogP contribution in [0, 0.1) is 0 Å². The molecule has 1 N–H and O–H groups in total. The van der Waals surface area contributed by atoms with Crippen LogP contribution in [-0.2, 0) is 20.8 Å². The number of hydrogen-bond donors (Lipinski definition) is 1. The van der Waals surface area contributed by atoms with Gasteiger partial charge in [0.05, 0.1) is 6.61 Å². The lowest BCUT2D eigenvalue weighted by molar-refractivity contribution is -0.154. The van der Waals surface area contributed by atoms with E-state index in [0.29, 0.717) is 29.6 Å². The molecule has 6 nitrogen and oxygen atoms in total. The topological polar surface area (TPSA) is 76.6 Å². The first-order chi connectivity index (χ1) is 9.65. The van der Waals surface area contributed by atoms with Crippen LogP contribution in [0.5, 0.6) is 0 Å². The van der Waals surface area contributed by atoms with Gasteiger partial charge in [-0.3, -0.25) is 0 Å². The molecular formula is C13H18ClN3O3. The number of aromatic amines is 1. The van der Waals surface area contributed by atoms with Crippen molar-refractivity contribution < 1.29 is 14.4 Å². The average Bonchev–Trinajstić information content (AvgIpc) is 3.03. The first kappa shape index (κ1) is 14.8. The van der Waals surface area contributed by atoms with Gasteiger partial charge >= 0.3 is 5.97 Å². The summed E-state index contributed by atoms with van der Waals surface area (Å²) in [5.74, 6) is 0.415. The molecule has 110 valence electrons. The number of rotatable bonds is 6. The van der Waals surface area contributed by atoms with E-state index < -0.39 is 12.1 Å². The Hall–Kier alpha value is -1.56. The summed E-state index contributed by atoms with van der Waals surface area (Å²) in [4.78, 5) is 24.1. The van der Waals surface area contributed by atoms with Crippen molar-refractivity contribution in [1.29, 1.82) is 0 Å². The quantitative estimate of drug-likeness (QED) is 0.819. The van der Waals surface area contributed by atoms with E-state index in [9.17, 15) is 4.79 Å². The fraction of sp³-hybridized carbons (Fsp3) is 0.615. The highest BCUT2D eigenvalue weighted by Crippen LogP contribution is 2.22. The first-order valence-electron chi connectivity index (χ1n) is 6.79. The maximum Gasteiger partial charge on any atom is 0.350 e. The maximum atomic E-state index is 11.6. The Kier molecular flexibility index (Phi) is 5.00. The number of nitrogens with one attached hydrogen (secondary N) is 1. The lowest BCUT2D eigenvalue weighted by Crippen LogP contribution is -2.23. The minimum Gasteiger partial charge on any atom is -0.463 e. The van der Waals surface area contributed by atoms with Crippen molar-refractivity contribution in [2.24, 2.45) is 5.16 Å². The number of carbonyl (C=O) groups is 1. The SMILES string of the molecule is CCCCc1nc(C2=NOC(C(=O)OCC)C2)c(Cl)[nH]1. The van der Waals surface area contributed by atoms with Gasteiger partial charge in [0, 0.05) is 12.8 Å². The third-order valence-electron chi connectivity index (χ3n) is 2.97. The number of hydrogen-bond acceptors (Lipinski definition) is 5. The first-order valence-corrected chi connectivity index (χ1v) is 7.17. The normalized spacial score (nSPS) is 17.8. The van der Waals surface area contributed by atoms with Crippen molar-refractivity contribution in [1.82, 2.24) is 9.97 Å². The summed E-state index contributed by atoms with van der Waals surface area (Å²) in [5.41, 5.74) is 1.14. The molecule has 0 aromatic carbocycles. The Labute approximate surface area is 122 Å². The molecule has 7 heteroatoms. The van der Waals surface area contributed by atoms with Crippen molar-refractivity contribution in [2.45, 2.75) is 45.6 Å². The number of nitrogens with zero attached hydrogens (tertiary/aromatic N) is 2. The minimum absolute atomic E-state index is 0.318. The van der Waals surface area contributed by atoms with Crippen LogP contribution in [0.1, 0.15) is 44.6 Å². The van der Waals surface area contributed by atoms with Gasteiger partial charge in [-0.15, -0.1) is 0 Å². The number of ether oxygens (including phenoxy) is 1. The lowest BCUT2D eigenvalue weighted by atomic mass is 10.1. The van der Waals surface area contributed by atoms with Crippen molar-refractivity contribution in [3.63, 3.8) is 0 Å². The van der Waals surface area contributed by atoms with E-state index in [1.807, 2.05) is 0 Å². The summed E-state index contributed by atoms with van der Waals surface area (Å²) in [6, 6.07) is 0. The molecule has 1 aromatic heterocycles. The Bertz CT molecular complexity index is 513. The number of halogens is 1. The summed E-state index contributed by atoms with van der Waals surface area (Å²) < 4.78 is 4.90. The molecule has 0 bridgehead atoms. The van der Waals surface area contributed by atoms with Crippen LogP contribution < -0.4 is 0 Å². The van der Waals surface area contributed by atoms with Crippen LogP contribution in [0.15, 0.2) is 5.16 Å². The second-order valence-electron chi connectivity index (χ2n) is 4.54. The van der Waals surface area contributed by atoms with E-state index in [0.717, 1.165) is 25.1 Å². The third kappa shape index (κ3) is 3.30. The molecule has 1 aliphatic rings. The standard InChI is InChI=1S/C13H18ClN3O3/c1-3-5-6-10-15-11(12(14)16-10)8-7-9(20-17-8)13(18)19-4-2/h9H,3-7H2,1-2H3,(H,15,16). The molecule has 1 atom stereocenters. The molecule has 1 aliphatic heterocycles. The van der Waals surface area contributed by atoms with Crippen LogP contribution in [0.2, 0.25) is 5.15 Å². The number of H-pyrrole nitrogens is 1. The van der Waals surface area contributed by atoms with Gasteiger partial charge in [-0.05, 0) is 13.3 Å². The van der Waals surface area contributed by atoms with E-state index in [4.69, 9.17) is 21.2 Å². The number of unbranched alkanes of at least 4 members (excludes halogenated alkanes) is 1. The van der Waals surface area contributed by atoms with E-state index >= 15 is 0 Å². The number of imidazole rings is 1. The predicted molar refractivity (Wildman–Crippen MR) is 74.9 cm³/mol. The lowest BCUT2D eigenvalue weighted by Gasteiger charge is -2.05. The molecule has 2 rings (SSSR count). The predicted octanol–water partition coefficient (Wildman–Crippen LogP) is 2.46. The van der Waals surface area contributed by atoms with Gasteiger partial charge in [0.1, 0.15) is 22.4 Å². The highest BCUT2D eigenvalue weighted by Gasteiger charge is 2.32. The molecule has 1 unspecified atom stereocenters. The van der Waals surface area contributed by atoms with Crippen LogP contribution in [0.4, 0.5) is 0 Å². The zero-order chi connectivity index (χ0) is 14.5. The van der Waals surface area contributed by atoms with Crippen molar-refractivity contribution in [2.75, 3.05) is 6.61 Å². The van der Waals surface area contributed by atoms with Crippen LogP contribution in [0.25, 0.3) is 0 Å². The van der Waals surface area contributed by atoms with Gasteiger partial charge < -0.3 is 14.6 Å². The van der Waals surface area contributed by atoms with Gasteiger partial charge in [0.25, 0.3) is 0 Å². The van der Waals surface area contributed by atoms with Gasteiger partial charge in [-0.1, -0.05) is 30.1 Å². The highest BCUT2D eigenvalue weighted by atomic mass is 35.5. The van der Waals surface area contributed by atoms with E-state index in [2.05, 4.69) is 22.0 Å². The summed E-state index contributed by atoms with van der Waals surface area (Å²) >= 11 is 6.12. The number of carbonyl (C=O) groups excluding carboxylic acids is 1. The van der Waals surface area contributed by atoms with Crippen LogP contribution >= 0.6 is 11.6 Å². The Morgan fingerprint density at radius 1 is 1.55 bits per heavy atom. The fourth-order valence-electron chi connectivity index (χ4n) is 1.93. The minimum atomic E-state index is -0.697. The molecular weight excluding hydrogens is 282 g/mol. The largest absolute Gasteiger partial charge is 0.463 e. The molecule has 0 aliphatic carbocycles. The van der Waals surface area contributed by atoms with Gasteiger partial charge in [-0.2, -0.15) is 0 Å². The van der Waals surface area contributed by atoms with Crippen molar-refractivity contribution in [3.8, 4) is 0 Å². The third-order valence-corrected chi connectivity index (χ3v) is 3.24. The van der Waals surface area contributed by atoms with Crippen molar-refractivity contribution >= 4 is 23.3 Å². The molecule has 20 heavy (non-hydrogen) atoms. The summed E-state index contributed by atoms with van der Waals surface area (Å²) in [5, 5.41) is 4.33. The zero-order valence-corrected chi connectivity index (χ0v) is 12.4. The molecule has 0 amide bonds. The Morgan fingerprint density at radius 2 is 2.35 bits per heavy atom. The van der Waals surface area contributed by atoms with Gasteiger partial charge in [0.15, 0.2) is 0 Å². The maximum absolute atomic E-state index is 11.6. The molecule has 0 radical (unpaired) electrons. The van der Waals surface area contributed by atoms with Crippen LogP contribution in [0.3, 0.4) is 0 Å². The summed E-state index contributed by atoms with van der Waals surface area (Å²) in [6.07, 6.45) is 2.60. The smallest absolute Gasteiger partial charge is 0.350 e. The highest BCUT2D eigenvalue weighted by molar-refractivity contribution is 6.33. The molecule has 0 spiro atoms. The Morgan fingerprint density at radius 3 is 3.05 bits per heavy atom. The van der Waals surface area contributed by atoms with Gasteiger partial charge in [-0.25, -0.2) is 9.78 Å². The number of aryl methyl sites for hydroxylation is 1. The fourth-order valence-corrected chi connectivity index (χ4v) is 2.19. The summed E-state index contributed by atoms with van der Waals surface area (Å²) in [6.45, 7) is 4.18. The molecule has 0 fully saturated rings. The number of oxime groups is 1. The molecule has 0 saturated heterocycles. The Balaban J connectivity index is 2.02. The van der Waals surface area contributed by atoms with E-state index in [1.165, 1.54) is 0 Å². The second kappa shape index (κ2) is 6.74. The second-order valence-corrected chi connectivity index (χ2v) is 4.92. The summed E-state index contributed by atoms with van der Waals surface area (Å²) in [7, 11) is 0. The van der Waals surface area contributed by atoms with Crippen LogP contribution in [-0.4, -0.2) is 34.4 Å². The van der Waals surface area contributed by atoms with E-state index in [-0.39, 0.29) is 0 Å². The average molecular weight is 300 g/mol. The van der Waals surface area contributed by atoms with E-state index in [1.54, 1.807) is 6.92 Å². The molecule has 2 heterocycles. The monoisotopic (exact) mass is 299 g/mol. The molecule has 1 aromatic rings.